The van der Waals surface area contributed by atoms with Gasteiger partial charge in [-0.3, -0.25) is 0 Å². The summed E-state index contributed by atoms with van der Waals surface area (Å²) >= 11 is 0. The monoisotopic (exact) mass is 288 g/mol. The van der Waals surface area contributed by atoms with Gasteiger partial charge in [0, 0.05) is 24.2 Å². The van der Waals surface area contributed by atoms with E-state index in [1.807, 2.05) is 30.3 Å². The van der Waals surface area contributed by atoms with Gasteiger partial charge in [-0.2, -0.15) is 0 Å². The van der Waals surface area contributed by atoms with Crippen molar-refractivity contribution in [3.8, 4) is 17.2 Å². The third-order valence-corrected chi connectivity index (χ3v) is 2.86. The van der Waals surface area contributed by atoms with Crippen LogP contribution in [0.15, 0.2) is 42.5 Å². The highest BCUT2D eigenvalue weighted by atomic mass is 16.5. The first kappa shape index (κ1) is 16.9. The summed E-state index contributed by atoms with van der Waals surface area (Å²) in [6.07, 6.45) is 0. The minimum absolute atomic E-state index is 0.371. The molecular weight excluding hydrogens is 266 g/mol. The van der Waals surface area contributed by atoms with Crippen molar-refractivity contribution in [3.05, 3.63) is 60.5 Å². The highest BCUT2D eigenvalue weighted by Crippen LogP contribution is 2.33. The fourth-order valence-electron chi connectivity index (χ4n) is 1.76. The molecule has 2 N–H and O–H groups in total. The Bertz CT molecular complexity index is 516. The lowest BCUT2D eigenvalue weighted by molar-refractivity contribution is 0.369. The van der Waals surface area contributed by atoms with Crippen LogP contribution in [0.3, 0.4) is 0 Å². The van der Waals surface area contributed by atoms with Gasteiger partial charge in [-0.15, -0.1) is 0 Å². The van der Waals surface area contributed by atoms with Crippen LogP contribution in [-0.2, 0) is 6.54 Å². The second-order valence-corrected chi connectivity index (χ2v) is 4.20. The standard InChI is InChI=1S/C10H15NO3.C7H7/c1-12-7-4-9(13-2)8(6-11)10(5-7)14-3;1-7-5-3-2-4-6-7/h4-5H,6,11H2,1-3H3;2-6H,1H2. The number of hydrogen-bond donors (Lipinski definition) is 1. The van der Waals surface area contributed by atoms with E-state index in [0.29, 0.717) is 23.8 Å². The predicted octanol–water partition coefficient (Wildman–Crippen LogP) is 3.04. The van der Waals surface area contributed by atoms with E-state index in [0.717, 1.165) is 11.1 Å². The Morgan fingerprint density at radius 1 is 0.905 bits per heavy atom. The van der Waals surface area contributed by atoms with Gasteiger partial charge in [0.25, 0.3) is 0 Å². The summed E-state index contributed by atoms with van der Waals surface area (Å²) in [6.45, 7) is 4.09. The van der Waals surface area contributed by atoms with Crippen LogP contribution in [0.25, 0.3) is 0 Å². The van der Waals surface area contributed by atoms with Crippen molar-refractivity contribution in [3.63, 3.8) is 0 Å². The molecule has 0 aliphatic rings. The highest BCUT2D eigenvalue weighted by molar-refractivity contribution is 5.50. The van der Waals surface area contributed by atoms with E-state index in [9.17, 15) is 0 Å². The largest absolute Gasteiger partial charge is 0.496 e. The number of hydrogen-bond acceptors (Lipinski definition) is 4. The molecule has 0 aliphatic heterocycles. The van der Waals surface area contributed by atoms with Crippen LogP contribution in [0.4, 0.5) is 0 Å². The first-order chi connectivity index (χ1) is 10.2. The lowest BCUT2D eigenvalue weighted by atomic mass is 10.1. The first-order valence-electron chi connectivity index (χ1n) is 6.52. The van der Waals surface area contributed by atoms with Crippen LogP contribution in [0, 0.1) is 6.92 Å². The molecule has 4 nitrogen and oxygen atoms in total. The molecule has 0 unspecified atom stereocenters. The third kappa shape index (κ3) is 5.00. The van der Waals surface area contributed by atoms with Crippen LogP contribution in [0.1, 0.15) is 11.1 Å². The Morgan fingerprint density at radius 3 is 1.71 bits per heavy atom. The van der Waals surface area contributed by atoms with Crippen LogP contribution >= 0.6 is 0 Å². The van der Waals surface area contributed by atoms with Crippen molar-refractivity contribution < 1.29 is 14.2 Å². The summed E-state index contributed by atoms with van der Waals surface area (Å²) in [5.74, 6) is 2.06. The molecule has 113 valence electrons. The number of nitrogens with two attached hydrogens (primary N) is 1. The van der Waals surface area contributed by atoms with E-state index in [1.165, 1.54) is 0 Å². The summed E-state index contributed by atoms with van der Waals surface area (Å²) < 4.78 is 15.5. The number of benzene rings is 2. The van der Waals surface area contributed by atoms with E-state index >= 15 is 0 Å². The summed E-state index contributed by atoms with van der Waals surface area (Å²) in [7, 11) is 4.77. The molecule has 4 heteroatoms. The maximum absolute atomic E-state index is 5.59. The Kier molecular flexibility index (Phi) is 7.12. The fourth-order valence-corrected chi connectivity index (χ4v) is 1.76. The van der Waals surface area contributed by atoms with Crippen LogP contribution in [-0.4, -0.2) is 21.3 Å². The van der Waals surface area contributed by atoms with Crippen molar-refractivity contribution in [1.82, 2.24) is 0 Å². The predicted molar refractivity (Wildman–Crippen MR) is 84.9 cm³/mol. The van der Waals surface area contributed by atoms with Crippen LogP contribution < -0.4 is 19.9 Å². The zero-order valence-corrected chi connectivity index (χ0v) is 12.8. The molecule has 0 spiro atoms. The van der Waals surface area contributed by atoms with Gasteiger partial charge in [-0.1, -0.05) is 30.3 Å². The number of rotatable bonds is 4. The third-order valence-electron chi connectivity index (χ3n) is 2.86. The van der Waals surface area contributed by atoms with E-state index in [4.69, 9.17) is 19.9 Å². The van der Waals surface area contributed by atoms with Crippen molar-refractivity contribution in [2.24, 2.45) is 5.73 Å². The molecule has 2 rings (SSSR count). The lowest BCUT2D eigenvalue weighted by Gasteiger charge is -2.13. The van der Waals surface area contributed by atoms with Gasteiger partial charge in [0.15, 0.2) is 0 Å². The molecule has 0 fully saturated rings. The highest BCUT2D eigenvalue weighted by Gasteiger charge is 2.10. The molecule has 2 aromatic rings. The van der Waals surface area contributed by atoms with Gasteiger partial charge in [-0.05, 0) is 12.5 Å². The van der Waals surface area contributed by atoms with Crippen molar-refractivity contribution in [1.29, 1.82) is 0 Å². The van der Waals surface area contributed by atoms with Crippen molar-refractivity contribution in [2.45, 2.75) is 6.54 Å². The topological polar surface area (TPSA) is 53.7 Å². The molecule has 0 saturated heterocycles. The molecule has 21 heavy (non-hydrogen) atoms. The summed E-state index contributed by atoms with van der Waals surface area (Å²) in [5, 5.41) is 0. The molecule has 0 bridgehead atoms. The van der Waals surface area contributed by atoms with E-state index in [2.05, 4.69) is 6.92 Å². The Labute approximate surface area is 126 Å². The average Bonchev–Trinajstić information content (AvgIpc) is 2.54. The van der Waals surface area contributed by atoms with Gasteiger partial charge in [0.2, 0.25) is 0 Å². The van der Waals surface area contributed by atoms with E-state index in [-0.39, 0.29) is 0 Å². The summed E-state index contributed by atoms with van der Waals surface area (Å²) in [4.78, 5) is 0. The summed E-state index contributed by atoms with van der Waals surface area (Å²) in [6, 6.07) is 13.4. The lowest BCUT2D eigenvalue weighted by Crippen LogP contribution is -2.03. The first-order valence-corrected chi connectivity index (χ1v) is 6.52. The summed E-state index contributed by atoms with van der Waals surface area (Å²) in [5.41, 5.74) is 7.51. The number of methoxy groups -OCH3 is 3. The van der Waals surface area contributed by atoms with Gasteiger partial charge < -0.3 is 19.9 Å². The molecule has 0 saturated carbocycles. The van der Waals surface area contributed by atoms with Gasteiger partial charge in [-0.25, -0.2) is 0 Å². The average molecular weight is 288 g/mol. The van der Waals surface area contributed by atoms with Crippen LogP contribution in [0.5, 0.6) is 17.2 Å². The second-order valence-electron chi connectivity index (χ2n) is 4.20. The Balaban J connectivity index is 0.000000262. The maximum Gasteiger partial charge on any atom is 0.130 e. The Morgan fingerprint density at radius 2 is 1.43 bits per heavy atom. The molecule has 0 aromatic heterocycles. The van der Waals surface area contributed by atoms with Gasteiger partial charge >= 0.3 is 0 Å². The smallest absolute Gasteiger partial charge is 0.130 e. The van der Waals surface area contributed by atoms with Crippen molar-refractivity contribution in [2.75, 3.05) is 21.3 Å². The quantitative estimate of drug-likeness (QED) is 0.939. The normalized spacial score (nSPS) is 9.38. The molecule has 2 aromatic carbocycles. The zero-order chi connectivity index (χ0) is 15.7. The number of ether oxygens (including phenoxy) is 3. The van der Waals surface area contributed by atoms with E-state index in [1.54, 1.807) is 33.5 Å². The zero-order valence-electron chi connectivity index (χ0n) is 12.8. The molecule has 0 aliphatic carbocycles. The minimum Gasteiger partial charge on any atom is -0.496 e. The maximum atomic E-state index is 5.59. The van der Waals surface area contributed by atoms with Crippen LogP contribution in [0.2, 0.25) is 0 Å². The molecule has 0 atom stereocenters. The second kappa shape index (κ2) is 8.87. The molecular formula is C17H22NO3. The van der Waals surface area contributed by atoms with Crippen molar-refractivity contribution >= 4 is 0 Å². The Hall–Kier alpha value is -2.20. The van der Waals surface area contributed by atoms with Gasteiger partial charge in [0.05, 0.1) is 21.3 Å². The van der Waals surface area contributed by atoms with E-state index < -0.39 is 0 Å². The molecule has 0 heterocycles. The van der Waals surface area contributed by atoms with Gasteiger partial charge in [0.1, 0.15) is 17.2 Å². The minimum atomic E-state index is 0.371. The molecule has 0 amide bonds. The SMILES string of the molecule is COc1cc(OC)c(CN)c(OC)c1.[CH2]c1ccccc1. The fraction of sp³-hybridized carbons (Fsp3) is 0.235. The molecule has 1 radical (unpaired) electrons.